The van der Waals surface area contributed by atoms with E-state index in [1.807, 2.05) is 0 Å². The fraction of sp³-hybridized carbons (Fsp3) is 0.480. The van der Waals surface area contributed by atoms with Crippen molar-refractivity contribution in [3.05, 3.63) is 35.4 Å². The van der Waals surface area contributed by atoms with E-state index in [9.17, 15) is 13.2 Å². The molecule has 0 unspecified atom stereocenters. The SMILES string of the molecule is CN1CCC(CNc2nn3c(-c4cc5c(C(F)(F)F)cccc5s4)nnc3c3c2OCCCC3)CC1. The van der Waals surface area contributed by atoms with Gasteiger partial charge in [0.25, 0.3) is 0 Å². The molecule has 1 aromatic carbocycles. The molecular formula is C25H27F3N6OS. The first-order chi connectivity index (χ1) is 17.4. The predicted octanol–water partition coefficient (Wildman–Crippen LogP) is 5.49. The molecule has 5 heterocycles. The van der Waals surface area contributed by atoms with Crippen LogP contribution >= 0.6 is 11.3 Å². The number of halogens is 3. The van der Waals surface area contributed by atoms with E-state index in [-0.39, 0.29) is 5.39 Å². The van der Waals surface area contributed by atoms with E-state index >= 15 is 0 Å². The Morgan fingerprint density at radius 2 is 2.00 bits per heavy atom. The van der Waals surface area contributed by atoms with Crippen LogP contribution < -0.4 is 10.1 Å². The van der Waals surface area contributed by atoms with E-state index in [1.54, 1.807) is 16.6 Å². The van der Waals surface area contributed by atoms with Crippen molar-refractivity contribution < 1.29 is 17.9 Å². The number of anilines is 1. The number of nitrogens with one attached hydrogen (secondary N) is 1. The predicted molar refractivity (Wildman–Crippen MR) is 134 cm³/mol. The standard InChI is InChI=1S/C25H27F3N6OS/c1-33-10-8-15(9-11-33)14-29-22-21-16(5-2-3-12-35-21)23-30-31-24(34(23)32-22)20-13-17-18(25(26,27)28)6-4-7-19(17)36-20/h4,6-7,13,15H,2-3,5,8-12,14H2,1H3,(H,29,32). The number of alkyl halides is 3. The fourth-order valence-electron chi connectivity index (χ4n) is 5.11. The quantitative estimate of drug-likeness (QED) is 0.387. The fourth-order valence-corrected chi connectivity index (χ4v) is 6.16. The number of benzene rings is 1. The second-order valence-corrected chi connectivity index (χ2v) is 10.8. The Labute approximate surface area is 210 Å². The molecule has 0 saturated carbocycles. The summed E-state index contributed by atoms with van der Waals surface area (Å²) in [5.74, 6) is 2.36. The summed E-state index contributed by atoms with van der Waals surface area (Å²) in [6.45, 7) is 3.56. The van der Waals surface area contributed by atoms with Gasteiger partial charge in [-0.1, -0.05) is 6.07 Å². The third-order valence-corrected chi connectivity index (χ3v) is 8.25. The first kappa shape index (κ1) is 23.5. The number of aromatic nitrogens is 4. The van der Waals surface area contributed by atoms with Crippen molar-refractivity contribution in [2.45, 2.75) is 38.3 Å². The molecule has 1 fully saturated rings. The lowest BCUT2D eigenvalue weighted by Gasteiger charge is -2.29. The highest BCUT2D eigenvalue weighted by molar-refractivity contribution is 7.22. The number of fused-ring (bicyclic) bond motifs is 4. The zero-order valence-electron chi connectivity index (χ0n) is 19.9. The summed E-state index contributed by atoms with van der Waals surface area (Å²) in [4.78, 5) is 2.94. The minimum absolute atomic E-state index is 0.167. The van der Waals surface area contributed by atoms with Crippen molar-refractivity contribution in [3.63, 3.8) is 0 Å². The molecule has 36 heavy (non-hydrogen) atoms. The maximum absolute atomic E-state index is 13.6. The summed E-state index contributed by atoms with van der Waals surface area (Å²) >= 11 is 1.26. The lowest BCUT2D eigenvalue weighted by atomic mass is 9.97. The summed E-state index contributed by atoms with van der Waals surface area (Å²) in [5.41, 5.74) is 0.900. The van der Waals surface area contributed by atoms with Gasteiger partial charge < -0.3 is 15.0 Å². The van der Waals surface area contributed by atoms with E-state index < -0.39 is 11.7 Å². The number of nitrogens with zero attached hydrogens (tertiary/aromatic N) is 5. The van der Waals surface area contributed by atoms with Crippen LogP contribution in [0.25, 0.3) is 26.4 Å². The summed E-state index contributed by atoms with van der Waals surface area (Å²) < 4.78 is 49.1. The number of thiophene rings is 1. The first-order valence-electron chi connectivity index (χ1n) is 12.3. The third kappa shape index (κ3) is 4.28. The minimum Gasteiger partial charge on any atom is -0.489 e. The van der Waals surface area contributed by atoms with Crippen LogP contribution in [0.2, 0.25) is 0 Å². The van der Waals surface area contributed by atoms with Gasteiger partial charge in [0.05, 0.1) is 17.0 Å². The molecule has 2 aliphatic rings. The molecule has 6 rings (SSSR count). The van der Waals surface area contributed by atoms with Crippen molar-refractivity contribution >= 4 is 32.9 Å². The first-order valence-corrected chi connectivity index (χ1v) is 13.1. The van der Waals surface area contributed by atoms with E-state index in [0.717, 1.165) is 69.1 Å². The number of aryl methyl sites for hydroxylation is 1. The minimum atomic E-state index is -4.43. The lowest BCUT2D eigenvalue weighted by Crippen LogP contribution is -2.33. The summed E-state index contributed by atoms with van der Waals surface area (Å²) in [6.07, 6.45) is 0.496. The van der Waals surface area contributed by atoms with Crippen LogP contribution in [0.3, 0.4) is 0 Å². The molecule has 0 spiro atoms. The lowest BCUT2D eigenvalue weighted by molar-refractivity contribution is -0.136. The number of ether oxygens (including phenoxy) is 1. The second-order valence-electron chi connectivity index (χ2n) is 9.67. The van der Waals surface area contributed by atoms with E-state index in [1.165, 1.54) is 17.4 Å². The van der Waals surface area contributed by atoms with Gasteiger partial charge in [0.2, 0.25) is 0 Å². The maximum atomic E-state index is 13.6. The van der Waals surface area contributed by atoms with Crippen molar-refractivity contribution in [1.82, 2.24) is 24.7 Å². The number of piperidine rings is 1. The summed E-state index contributed by atoms with van der Waals surface area (Å²) in [7, 11) is 2.14. The number of rotatable bonds is 4. The van der Waals surface area contributed by atoms with Crippen molar-refractivity contribution in [2.75, 3.05) is 38.6 Å². The zero-order valence-corrected chi connectivity index (χ0v) is 20.8. The molecule has 3 aromatic heterocycles. The number of hydrogen-bond donors (Lipinski definition) is 1. The molecule has 0 amide bonds. The van der Waals surface area contributed by atoms with Gasteiger partial charge in [-0.3, -0.25) is 0 Å². The van der Waals surface area contributed by atoms with Crippen LogP contribution in [-0.2, 0) is 12.6 Å². The van der Waals surface area contributed by atoms with Gasteiger partial charge in [-0.15, -0.1) is 26.6 Å². The second kappa shape index (κ2) is 9.19. The van der Waals surface area contributed by atoms with Crippen LogP contribution in [0, 0.1) is 5.92 Å². The zero-order chi connectivity index (χ0) is 24.9. The maximum Gasteiger partial charge on any atom is 0.417 e. The Hall–Kier alpha value is -2.92. The molecule has 0 radical (unpaired) electrons. The monoisotopic (exact) mass is 516 g/mol. The Morgan fingerprint density at radius 1 is 1.17 bits per heavy atom. The normalized spacial score (nSPS) is 17.8. The van der Waals surface area contributed by atoms with Crippen molar-refractivity contribution in [2.24, 2.45) is 5.92 Å². The molecule has 1 N–H and O–H groups in total. The average Bonchev–Trinajstić information content (AvgIpc) is 3.39. The van der Waals surface area contributed by atoms with Crippen molar-refractivity contribution in [3.8, 4) is 16.5 Å². The Morgan fingerprint density at radius 3 is 2.81 bits per heavy atom. The van der Waals surface area contributed by atoms with Crippen LogP contribution in [0.15, 0.2) is 24.3 Å². The Balaban J connectivity index is 1.42. The summed E-state index contributed by atoms with van der Waals surface area (Å²) in [5, 5.41) is 17.3. The van der Waals surface area contributed by atoms with Crippen molar-refractivity contribution in [1.29, 1.82) is 0 Å². The van der Waals surface area contributed by atoms with Gasteiger partial charge in [0.1, 0.15) is 0 Å². The molecule has 0 atom stereocenters. The molecule has 7 nitrogen and oxygen atoms in total. The highest BCUT2D eigenvalue weighted by atomic mass is 32.1. The third-order valence-electron chi connectivity index (χ3n) is 7.15. The molecule has 2 aliphatic heterocycles. The molecular weight excluding hydrogens is 489 g/mol. The molecule has 4 aromatic rings. The number of likely N-dealkylation sites (tertiary alicyclic amines) is 1. The van der Waals surface area contributed by atoms with Crippen LogP contribution in [-0.4, -0.2) is 58.0 Å². The molecule has 190 valence electrons. The number of hydrogen-bond acceptors (Lipinski definition) is 7. The molecule has 0 aliphatic carbocycles. The van der Waals surface area contributed by atoms with E-state index in [4.69, 9.17) is 9.84 Å². The highest BCUT2D eigenvalue weighted by Crippen LogP contribution is 2.41. The van der Waals surface area contributed by atoms with Gasteiger partial charge in [0, 0.05) is 22.2 Å². The van der Waals surface area contributed by atoms with Gasteiger partial charge in [-0.25, -0.2) is 0 Å². The largest absolute Gasteiger partial charge is 0.489 e. The highest BCUT2D eigenvalue weighted by Gasteiger charge is 2.33. The average molecular weight is 517 g/mol. The van der Waals surface area contributed by atoms with Gasteiger partial charge >= 0.3 is 6.18 Å². The Bertz CT molecular complexity index is 1410. The van der Waals surface area contributed by atoms with E-state index in [2.05, 4.69) is 27.5 Å². The molecule has 11 heteroatoms. The van der Waals surface area contributed by atoms with Crippen LogP contribution in [0.4, 0.5) is 19.0 Å². The van der Waals surface area contributed by atoms with E-state index in [0.29, 0.717) is 39.4 Å². The molecule has 0 bridgehead atoms. The van der Waals surface area contributed by atoms with Crippen LogP contribution in [0.5, 0.6) is 5.75 Å². The smallest absolute Gasteiger partial charge is 0.417 e. The van der Waals surface area contributed by atoms with Gasteiger partial charge in [0.15, 0.2) is 23.0 Å². The van der Waals surface area contributed by atoms with Crippen LogP contribution in [0.1, 0.15) is 36.8 Å². The topological polar surface area (TPSA) is 67.6 Å². The molecule has 1 saturated heterocycles. The summed E-state index contributed by atoms with van der Waals surface area (Å²) in [6, 6.07) is 5.80. The van der Waals surface area contributed by atoms with Gasteiger partial charge in [-0.2, -0.15) is 17.7 Å². The Kier molecular flexibility index (Phi) is 5.99. The van der Waals surface area contributed by atoms with Gasteiger partial charge in [-0.05, 0) is 76.4 Å².